The third kappa shape index (κ3) is 5.16. The van der Waals surface area contributed by atoms with E-state index in [1.807, 2.05) is 19.1 Å². The minimum atomic E-state index is -3.82. The van der Waals surface area contributed by atoms with Crippen molar-refractivity contribution in [2.45, 2.75) is 31.1 Å². The molecular formula is C25H24N4O3S. The van der Waals surface area contributed by atoms with E-state index in [4.69, 9.17) is 5.26 Å². The first kappa shape index (κ1) is 22.4. The van der Waals surface area contributed by atoms with Crippen LogP contribution in [0.25, 0.3) is 0 Å². The number of benzene rings is 3. The van der Waals surface area contributed by atoms with Gasteiger partial charge in [0.2, 0.25) is 5.91 Å². The molecule has 0 unspecified atom stereocenters. The van der Waals surface area contributed by atoms with Crippen LogP contribution in [0.2, 0.25) is 0 Å². The van der Waals surface area contributed by atoms with Crippen LogP contribution in [0.15, 0.2) is 65.6 Å². The van der Waals surface area contributed by atoms with Crippen LogP contribution >= 0.6 is 0 Å². The third-order valence-electron chi connectivity index (χ3n) is 5.54. The molecule has 3 aromatic rings. The average Bonchev–Trinajstić information content (AvgIpc) is 2.81. The number of nitrogens with zero attached hydrogens (tertiary/aromatic N) is 1. The van der Waals surface area contributed by atoms with Gasteiger partial charge in [0.05, 0.1) is 29.4 Å². The van der Waals surface area contributed by atoms with Crippen molar-refractivity contribution >= 4 is 33.0 Å². The zero-order valence-corrected chi connectivity index (χ0v) is 19.0. The number of sulfonamides is 1. The number of hydrogen-bond donors (Lipinski definition) is 3. The molecule has 3 aromatic carbocycles. The molecule has 0 fully saturated rings. The van der Waals surface area contributed by atoms with Crippen LogP contribution in [-0.4, -0.2) is 20.9 Å². The second kappa shape index (κ2) is 9.35. The number of anilines is 3. The monoisotopic (exact) mass is 460 g/mol. The molecule has 8 heteroatoms. The second-order valence-corrected chi connectivity index (χ2v) is 9.64. The largest absolute Gasteiger partial charge is 0.384 e. The van der Waals surface area contributed by atoms with Crippen molar-refractivity contribution in [1.29, 1.82) is 5.26 Å². The van der Waals surface area contributed by atoms with E-state index in [-0.39, 0.29) is 17.2 Å². The number of fused-ring (bicyclic) bond motifs is 1. The van der Waals surface area contributed by atoms with Crippen molar-refractivity contribution in [3.8, 4) is 6.07 Å². The van der Waals surface area contributed by atoms with E-state index >= 15 is 0 Å². The Morgan fingerprint density at radius 1 is 1.12 bits per heavy atom. The van der Waals surface area contributed by atoms with Crippen LogP contribution in [0.4, 0.5) is 17.1 Å². The molecule has 4 rings (SSSR count). The summed E-state index contributed by atoms with van der Waals surface area (Å²) in [6.45, 7) is 2.58. The molecule has 0 radical (unpaired) electrons. The van der Waals surface area contributed by atoms with Crippen molar-refractivity contribution in [2.75, 3.05) is 21.9 Å². The van der Waals surface area contributed by atoms with Crippen LogP contribution in [0.5, 0.6) is 0 Å². The van der Waals surface area contributed by atoms with Crippen molar-refractivity contribution in [1.82, 2.24) is 0 Å². The minimum absolute atomic E-state index is 0.142. The highest BCUT2D eigenvalue weighted by molar-refractivity contribution is 7.92. The number of amides is 1. The van der Waals surface area contributed by atoms with Gasteiger partial charge in [-0.3, -0.25) is 9.52 Å². The molecule has 1 heterocycles. The molecule has 1 aliphatic heterocycles. The highest BCUT2D eigenvalue weighted by Crippen LogP contribution is 2.31. The summed E-state index contributed by atoms with van der Waals surface area (Å²) in [5, 5.41) is 14.9. The predicted octanol–water partition coefficient (Wildman–Crippen LogP) is 4.21. The Hall–Kier alpha value is -3.83. The fourth-order valence-electron chi connectivity index (χ4n) is 3.81. The highest BCUT2D eigenvalue weighted by atomic mass is 32.2. The molecule has 3 N–H and O–H groups in total. The number of carbonyl (C=O) groups is 1. The van der Waals surface area contributed by atoms with Crippen LogP contribution < -0.4 is 15.4 Å². The van der Waals surface area contributed by atoms with Crippen LogP contribution in [0.1, 0.15) is 28.7 Å². The van der Waals surface area contributed by atoms with Crippen LogP contribution in [0, 0.1) is 18.3 Å². The molecular weight excluding hydrogens is 436 g/mol. The van der Waals surface area contributed by atoms with Gasteiger partial charge in [-0.05, 0) is 66.8 Å². The zero-order valence-electron chi connectivity index (χ0n) is 18.2. The van der Waals surface area contributed by atoms with E-state index in [0.29, 0.717) is 22.6 Å². The van der Waals surface area contributed by atoms with Gasteiger partial charge < -0.3 is 10.6 Å². The topological polar surface area (TPSA) is 111 Å². The fraction of sp³-hybridized carbons (Fsp3) is 0.200. The number of carbonyl (C=O) groups excluding carboxylic acids is 1. The minimum Gasteiger partial charge on any atom is -0.384 e. The van der Waals surface area contributed by atoms with Gasteiger partial charge in [-0.25, -0.2) is 8.42 Å². The summed E-state index contributed by atoms with van der Waals surface area (Å²) in [4.78, 5) is 12.8. The van der Waals surface area contributed by atoms with Crippen molar-refractivity contribution in [3.05, 3.63) is 82.9 Å². The molecule has 168 valence electrons. The van der Waals surface area contributed by atoms with Crippen LogP contribution in [-0.2, 0) is 27.7 Å². The van der Waals surface area contributed by atoms with E-state index < -0.39 is 10.0 Å². The molecule has 0 spiro atoms. The lowest BCUT2D eigenvalue weighted by atomic mass is 10.0. The average molecular weight is 461 g/mol. The Bertz CT molecular complexity index is 1340. The number of nitriles is 1. The second-order valence-electron chi connectivity index (χ2n) is 7.99. The van der Waals surface area contributed by atoms with Gasteiger partial charge in [-0.1, -0.05) is 30.3 Å². The molecule has 0 bridgehead atoms. The Morgan fingerprint density at radius 3 is 2.67 bits per heavy atom. The van der Waals surface area contributed by atoms with E-state index in [2.05, 4.69) is 15.4 Å². The standard InChI is InChI=1S/C25H24N4O3S/c1-17-7-12-21(15-22(17)28-24(30)14-18-8-10-19(16-26)11-9-18)29-33(31,32)23-6-2-4-20-5-3-13-27-25(20)23/h2,4,6-12,15,27,29H,3,5,13-14H2,1H3,(H,28,30). The number of para-hydroxylation sites is 1. The summed E-state index contributed by atoms with van der Waals surface area (Å²) in [6, 6.07) is 19.2. The Morgan fingerprint density at radius 2 is 1.91 bits per heavy atom. The molecule has 33 heavy (non-hydrogen) atoms. The molecule has 0 saturated carbocycles. The maximum absolute atomic E-state index is 13.1. The van der Waals surface area contributed by atoms with E-state index in [1.165, 1.54) is 0 Å². The number of nitrogens with one attached hydrogen (secondary N) is 3. The smallest absolute Gasteiger partial charge is 0.263 e. The van der Waals surface area contributed by atoms with Gasteiger partial charge in [0.25, 0.3) is 10.0 Å². The van der Waals surface area contributed by atoms with E-state index in [0.717, 1.165) is 36.1 Å². The number of hydrogen-bond acceptors (Lipinski definition) is 5. The third-order valence-corrected chi connectivity index (χ3v) is 6.96. The maximum atomic E-state index is 13.1. The van der Waals surface area contributed by atoms with Crippen LogP contribution in [0.3, 0.4) is 0 Å². The molecule has 0 atom stereocenters. The lowest BCUT2D eigenvalue weighted by Crippen LogP contribution is -2.20. The maximum Gasteiger partial charge on any atom is 0.263 e. The molecule has 7 nitrogen and oxygen atoms in total. The van der Waals surface area contributed by atoms with Gasteiger partial charge in [-0.15, -0.1) is 0 Å². The van der Waals surface area contributed by atoms with Crippen molar-refractivity contribution in [3.63, 3.8) is 0 Å². The molecule has 0 aromatic heterocycles. The van der Waals surface area contributed by atoms with Crippen molar-refractivity contribution in [2.24, 2.45) is 0 Å². The van der Waals surface area contributed by atoms with Gasteiger partial charge in [0, 0.05) is 12.2 Å². The summed E-state index contributed by atoms with van der Waals surface area (Å²) in [7, 11) is -3.82. The number of rotatable bonds is 6. The SMILES string of the molecule is Cc1ccc(NS(=O)(=O)c2cccc3c2NCCC3)cc1NC(=O)Cc1ccc(C#N)cc1. The Labute approximate surface area is 193 Å². The normalized spacial score (nSPS) is 12.7. The van der Waals surface area contributed by atoms with Crippen molar-refractivity contribution < 1.29 is 13.2 Å². The summed E-state index contributed by atoms with van der Waals surface area (Å²) in [5.41, 5.74) is 4.66. The summed E-state index contributed by atoms with van der Waals surface area (Å²) in [6.07, 6.45) is 1.95. The van der Waals surface area contributed by atoms with Gasteiger partial charge >= 0.3 is 0 Å². The fourth-order valence-corrected chi connectivity index (χ4v) is 5.09. The van der Waals surface area contributed by atoms with Gasteiger partial charge in [0.1, 0.15) is 4.90 Å². The molecule has 1 amide bonds. The Balaban J connectivity index is 1.51. The lowest BCUT2D eigenvalue weighted by Gasteiger charge is -2.21. The Kier molecular flexibility index (Phi) is 6.33. The highest BCUT2D eigenvalue weighted by Gasteiger charge is 2.23. The van der Waals surface area contributed by atoms with Gasteiger partial charge in [0.15, 0.2) is 0 Å². The van der Waals surface area contributed by atoms with E-state index in [9.17, 15) is 13.2 Å². The quantitative estimate of drug-likeness (QED) is 0.510. The number of aryl methyl sites for hydroxylation is 2. The van der Waals surface area contributed by atoms with Gasteiger partial charge in [-0.2, -0.15) is 5.26 Å². The molecule has 0 saturated heterocycles. The molecule has 1 aliphatic rings. The zero-order chi connectivity index (χ0) is 23.4. The predicted molar refractivity (Wildman–Crippen MR) is 129 cm³/mol. The molecule has 0 aliphatic carbocycles. The summed E-state index contributed by atoms with van der Waals surface area (Å²) in [5.74, 6) is -0.232. The summed E-state index contributed by atoms with van der Waals surface area (Å²) >= 11 is 0. The first-order valence-electron chi connectivity index (χ1n) is 10.6. The summed E-state index contributed by atoms with van der Waals surface area (Å²) < 4.78 is 28.9. The first-order valence-corrected chi connectivity index (χ1v) is 12.1. The lowest BCUT2D eigenvalue weighted by molar-refractivity contribution is -0.115. The first-order chi connectivity index (χ1) is 15.9. The van der Waals surface area contributed by atoms with E-state index in [1.54, 1.807) is 54.6 Å².